The van der Waals surface area contributed by atoms with Crippen molar-refractivity contribution < 1.29 is 23.5 Å². The SMILES string of the molecule is CC(C)Oc1ncc(C(CC(=O)N2C(=O)OCC2c2ccccc2)C2=CC=C(F)CC2)cn1. The molecule has 1 aromatic carbocycles. The molecule has 7 nitrogen and oxygen atoms in total. The third-order valence-corrected chi connectivity index (χ3v) is 5.67. The van der Waals surface area contributed by atoms with Crippen molar-refractivity contribution in [3.8, 4) is 6.01 Å². The van der Waals surface area contributed by atoms with E-state index in [0.29, 0.717) is 12.0 Å². The number of halogens is 1. The highest BCUT2D eigenvalue weighted by molar-refractivity contribution is 5.94. The molecular weight excluding hydrogens is 425 g/mol. The Kier molecular flexibility index (Phi) is 6.82. The highest BCUT2D eigenvalue weighted by atomic mass is 19.1. The van der Waals surface area contributed by atoms with E-state index in [-0.39, 0.29) is 43.3 Å². The van der Waals surface area contributed by atoms with Gasteiger partial charge in [-0.1, -0.05) is 42.0 Å². The fraction of sp³-hybridized carbons (Fsp3) is 0.360. The molecule has 4 rings (SSSR count). The molecular formula is C25H26FN3O4. The number of hydrogen-bond donors (Lipinski definition) is 0. The summed E-state index contributed by atoms with van der Waals surface area (Å²) >= 11 is 0. The lowest BCUT2D eigenvalue weighted by atomic mass is 9.84. The Morgan fingerprint density at radius 2 is 1.91 bits per heavy atom. The first-order chi connectivity index (χ1) is 15.9. The average Bonchev–Trinajstić information content (AvgIpc) is 3.20. The molecule has 2 aliphatic rings. The van der Waals surface area contributed by atoms with E-state index < -0.39 is 18.1 Å². The molecule has 2 heterocycles. The first kappa shape index (κ1) is 22.6. The number of allylic oxidation sites excluding steroid dienone is 4. The van der Waals surface area contributed by atoms with Crippen LogP contribution in [0.25, 0.3) is 0 Å². The monoisotopic (exact) mass is 451 g/mol. The van der Waals surface area contributed by atoms with Crippen LogP contribution in [0, 0.1) is 0 Å². The number of rotatable bonds is 7. The van der Waals surface area contributed by atoms with E-state index in [0.717, 1.165) is 11.1 Å². The van der Waals surface area contributed by atoms with Crippen molar-refractivity contribution >= 4 is 12.0 Å². The Morgan fingerprint density at radius 3 is 2.55 bits per heavy atom. The van der Waals surface area contributed by atoms with Crippen molar-refractivity contribution in [3.05, 3.63) is 77.4 Å². The lowest BCUT2D eigenvalue weighted by Crippen LogP contribution is -2.35. The van der Waals surface area contributed by atoms with Crippen LogP contribution < -0.4 is 4.74 Å². The molecule has 0 spiro atoms. The lowest BCUT2D eigenvalue weighted by Gasteiger charge is -2.25. The maximum Gasteiger partial charge on any atom is 0.417 e. The Labute approximate surface area is 191 Å². The smallest absolute Gasteiger partial charge is 0.417 e. The van der Waals surface area contributed by atoms with Gasteiger partial charge in [-0.2, -0.15) is 0 Å². The van der Waals surface area contributed by atoms with Gasteiger partial charge < -0.3 is 9.47 Å². The van der Waals surface area contributed by atoms with Crippen LogP contribution in [0.1, 0.15) is 56.2 Å². The van der Waals surface area contributed by atoms with Gasteiger partial charge in [0.25, 0.3) is 0 Å². The summed E-state index contributed by atoms with van der Waals surface area (Å²) < 4.78 is 24.4. The Hall–Kier alpha value is -3.55. The molecule has 2 unspecified atom stereocenters. The zero-order valence-electron chi connectivity index (χ0n) is 18.6. The van der Waals surface area contributed by atoms with E-state index in [9.17, 15) is 14.0 Å². The van der Waals surface area contributed by atoms with Crippen LogP contribution in [0.2, 0.25) is 0 Å². The standard InChI is InChI=1S/C25H26FN3O4/c1-16(2)33-24-27-13-19(14-28-24)21(17-8-10-20(26)11-9-17)12-23(30)29-22(15-32-25(29)31)18-6-4-3-5-7-18/h3-8,10,13-14,16,21-22H,9,11-12,15H2,1-2H3. The maximum absolute atomic E-state index is 13.6. The molecule has 1 fully saturated rings. The Balaban J connectivity index is 1.61. The van der Waals surface area contributed by atoms with Gasteiger partial charge in [-0.15, -0.1) is 0 Å². The normalized spacial score (nSPS) is 19.1. The summed E-state index contributed by atoms with van der Waals surface area (Å²) in [4.78, 5) is 35.5. The second-order valence-electron chi connectivity index (χ2n) is 8.34. The lowest BCUT2D eigenvalue weighted by molar-refractivity contribution is -0.129. The highest BCUT2D eigenvalue weighted by Crippen LogP contribution is 2.37. The van der Waals surface area contributed by atoms with Gasteiger partial charge in [0.05, 0.1) is 6.10 Å². The molecule has 0 saturated carbocycles. The summed E-state index contributed by atoms with van der Waals surface area (Å²) in [6.45, 7) is 3.87. The van der Waals surface area contributed by atoms with Crippen LogP contribution >= 0.6 is 0 Å². The van der Waals surface area contributed by atoms with E-state index in [1.54, 1.807) is 18.5 Å². The third-order valence-electron chi connectivity index (χ3n) is 5.67. The van der Waals surface area contributed by atoms with Gasteiger partial charge in [0, 0.05) is 31.2 Å². The van der Waals surface area contributed by atoms with Crippen LogP contribution in [0.3, 0.4) is 0 Å². The van der Waals surface area contributed by atoms with Gasteiger partial charge in [0.2, 0.25) is 5.91 Å². The number of carbonyl (C=O) groups is 2. The average molecular weight is 451 g/mol. The van der Waals surface area contributed by atoms with Crippen LogP contribution in [0.4, 0.5) is 9.18 Å². The number of amides is 2. The number of aromatic nitrogens is 2. The minimum atomic E-state index is -0.659. The van der Waals surface area contributed by atoms with Crippen molar-refractivity contribution in [2.45, 2.75) is 51.2 Å². The van der Waals surface area contributed by atoms with Crippen LogP contribution in [-0.2, 0) is 9.53 Å². The molecule has 1 aliphatic heterocycles. The molecule has 0 N–H and O–H groups in total. The van der Waals surface area contributed by atoms with Gasteiger partial charge in [0.1, 0.15) is 18.5 Å². The number of imide groups is 1. The quantitative estimate of drug-likeness (QED) is 0.587. The summed E-state index contributed by atoms with van der Waals surface area (Å²) in [7, 11) is 0. The minimum absolute atomic E-state index is 0.00741. The molecule has 1 saturated heterocycles. The van der Waals surface area contributed by atoms with Gasteiger partial charge >= 0.3 is 12.1 Å². The summed E-state index contributed by atoms with van der Waals surface area (Å²) in [5.41, 5.74) is 2.41. The van der Waals surface area contributed by atoms with Crippen molar-refractivity contribution in [3.63, 3.8) is 0 Å². The summed E-state index contributed by atoms with van der Waals surface area (Å²) in [5.74, 6) is -0.970. The van der Waals surface area contributed by atoms with E-state index in [1.165, 1.54) is 11.0 Å². The molecule has 8 heteroatoms. The first-order valence-corrected chi connectivity index (χ1v) is 11.0. The predicted octanol–water partition coefficient (Wildman–Crippen LogP) is 5.03. The highest BCUT2D eigenvalue weighted by Gasteiger charge is 2.40. The van der Waals surface area contributed by atoms with Gasteiger partial charge in [-0.3, -0.25) is 4.79 Å². The number of cyclic esters (lactones) is 1. The number of benzene rings is 1. The second kappa shape index (κ2) is 9.94. The zero-order chi connectivity index (χ0) is 23.4. The van der Waals surface area contributed by atoms with Crippen LogP contribution in [-0.4, -0.2) is 39.6 Å². The number of carbonyl (C=O) groups excluding carboxylic acids is 2. The molecule has 172 valence electrons. The van der Waals surface area contributed by atoms with E-state index in [1.807, 2.05) is 44.2 Å². The van der Waals surface area contributed by atoms with Gasteiger partial charge in [-0.05, 0) is 37.5 Å². The van der Waals surface area contributed by atoms with Crippen LogP contribution in [0.5, 0.6) is 6.01 Å². The second-order valence-corrected chi connectivity index (χ2v) is 8.34. The molecule has 0 radical (unpaired) electrons. The number of hydrogen-bond acceptors (Lipinski definition) is 6. The fourth-order valence-electron chi connectivity index (χ4n) is 4.05. The van der Waals surface area contributed by atoms with E-state index in [2.05, 4.69) is 9.97 Å². The summed E-state index contributed by atoms with van der Waals surface area (Å²) in [6.07, 6.45) is 6.38. The van der Waals surface area contributed by atoms with E-state index >= 15 is 0 Å². The van der Waals surface area contributed by atoms with Crippen molar-refractivity contribution in [1.29, 1.82) is 0 Å². The van der Waals surface area contributed by atoms with Crippen molar-refractivity contribution in [2.24, 2.45) is 0 Å². The van der Waals surface area contributed by atoms with Crippen molar-refractivity contribution in [2.75, 3.05) is 6.61 Å². The minimum Gasteiger partial charge on any atom is -0.461 e. The molecule has 0 bridgehead atoms. The van der Waals surface area contributed by atoms with Gasteiger partial charge in [-0.25, -0.2) is 24.1 Å². The summed E-state index contributed by atoms with van der Waals surface area (Å²) in [6, 6.07) is 9.08. The largest absolute Gasteiger partial charge is 0.461 e. The topological polar surface area (TPSA) is 81.6 Å². The van der Waals surface area contributed by atoms with Gasteiger partial charge in [0.15, 0.2) is 0 Å². The Morgan fingerprint density at radius 1 is 1.18 bits per heavy atom. The fourth-order valence-corrected chi connectivity index (χ4v) is 4.05. The molecule has 2 amide bonds. The summed E-state index contributed by atoms with van der Waals surface area (Å²) in [5, 5.41) is 0. The predicted molar refractivity (Wildman–Crippen MR) is 119 cm³/mol. The zero-order valence-corrected chi connectivity index (χ0v) is 18.6. The first-order valence-electron chi connectivity index (χ1n) is 11.0. The van der Waals surface area contributed by atoms with Crippen LogP contribution in [0.15, 0.2) is 66.3 Å². The van der Waals surface area contributed by atoms with E-state index in [4.69, 9.17) is 9.47 Å². The van der Waals surface area contributed by atoms with Crippen molar-refractivity contribution in [1.82, 2.24) is 14.9 Å². The third kappa shape index (κ3) is 5.27. The molecule has 1 aromatic heterocycles. The number of ether oxygens (including phenoxy) is 2. The maximum atomic E-state index is 13.6. The number of nitrogens with zero attached hydrogens (tertiary/aromatic N) is 3. The molecule has 2 atom stereocenters. The molecule has 1 aliphatic carbocycles. The Bertz CT molecular complexity index is 1070. The molecule has 2 aromatic rings. The molecule has 33 heavy (non-hydrogen) atoms.